The van der Waals surface area contributed by atoms with Crippen molar-refractivity contribution in [2.75, 3.05) is 13.6 Å². The van der Waals surface area contributed by atoms with Crippen molar-refractivity contribution in [2.24, 2.45) is 0 Å². The molecule has 1 N–H and O–H groups in total. The third-order valence-corrected chi connectivity index (χ3v) is 6.48. The Balaban J connectivity index is 1.52. The van der Waals surface area contributed by atoms with E-state index in [0.29, 0.717) is 17.5 Å². The van der Waals surface area contributed by atoms with E-state index in [1.165, 1.54) is 31.3 Å². The van der Waals surface area contributed by atoms with E-state index in [4.69, 9.17) is 16.3 Å². The van der Waals surface area contributed by atoms with Gasteiger partial charge >= 0.3 is 0 Å². The molecule has 0 aliphatic heterocycles. The Morgan fingerprint density at radius 1 is 1.06 bits per heavy atom. The lowest BCUT2D eigenvalue weighted by molar-refractivity contribution is -0.121. The molecule has 3 aromatic rings. The van der Waals surface area contributed by atoms with Crippen LogP contribution >= 0.6 is 11.6 Å². The molecule has 1 amide bonds. The minimum Gasteiger partial charge on any atom is -0.473 e. The molecule has 3 rings (SSSR count). The normalized spacial score (nSPS) is 11.3. The van der Waals surface area contributed by atoms with E-state index in [0.717, 1.165) is 15.4 Å². The maximum atomic E-state index is 12.6. The standard InChI is InChI=1S/C22H22ClN3O4S/c1-26(31(28,29)20-9-7-19(23)8-10-20)15-21(27)25-14-18-11-12-24-22(13-18)30-16-17-5-3-2-4-6-17/h2-13H,14-16H2,1H3,(H,25,27). The van der Waals surface area contributed by atoms with Gasteiger partial charge in [-0.25, -0.2) is 13.4 Å². The van der Waals surface area contributed by atoms with Gasteiger partial charge in [-0.2, -0.15) is 4.31 Å². The van der Waals surface area contributed by atoms with Crippen molar-refractivity contribution in [3.8, 4) is 5.88 Å². The molecule has 0 bridgehead atoms. The van der Waals surface area contributed by atoms with Gasteiger partial charge in [0.2, 0.25) is 21.8 Å². The summed E-state index contributed by atoms with van der Waals surface area (Å²) in [4.78, 5) is 16.5. The summed E-state index contributed by atoms with van der Waals surface area (Å²) in [7, 11) is -2.44. The number of hydrogen-bond acceptors (Lipinski definition) is 5. The molecule has 0 atom stereocenters. The molecule has 1 aromatic heterocycles. The van der Waals surface area contributed by atoms with Crippen molar-refractivity contribution < 1.29 is 17.9 Å². The van der Waals surface area contributed by atoms with E-state index < -0.39 is 15.9 Å². The number of nitrogens with zero attached hydrogens (tertiary/aromatic N) is 2. The van der Waals surface area contributed by atoms with Crippen LogP contribution in [0.1, 0.15) is 11.1 Å². The van der Waals surface area contributed by atoms with Gasteiger partial charge < -0.3 is 10.1 Å². The first-order valence-corrected chi connectivity index (χ1v) is 11.3. The Bertz CT molecular complexity index is 1120. The fourth-order valence-electron chi connectivity index (χ4n) is 2.70. The molecule has 0 aliphatic rings. The van der Waals surface area contributed by atoms with Gasteiger partial charge in [0.25, 0.3) is 0 Å². The molecule has 0 saturated carbocycles. The maximum Gasteiger partial charge on any atom is 0.243 e. The Morgan fingerprint density at radius 3 is 2.48 bits per heavy atom. The zero-order chi connectivity index (χ0) is 22.3. The van der Waals surface area contributed by atoms with Crippen LogP contribution in [0.25, 0.3) is 0 Å². The van der Waals surface area contributed by atoms with E-state index in [1.807, 2.05) is 30.3 Å². The third kappa shape index (κ3) is 6.52. The number of amides is 1. The highest BCUT2D eigenvalue weighted by molar-refractivity contribution is 7.89. The predicted molar refractivity (Wildman–Crippen MR) is 118 cm³/mol. The van der Waals surface area contributed by atoms with Crippen molar-refractivity contribution in [1.82, 2.24) is 14.6 Å². The minimum atomic E-state index is -3.79. The lowest BCUT2D eigenvalue weighted by Gasteiger charge is -2.17. The summed E-state index contributed by atoms with van der Waals surface area (Å²) in [6.45, 7) is 0.294. The molecule has 0 radical (unpaired) electrons. The maximum absolute atomic E-state index is 12.6. The summed E-state index contributed by atoms with van der Waals surface area (Å²) in [5, 5.41) is 3.15. The van der Waals surface area contributed by atoms with Crippen molar-refractivity contribution in [2.45, 2.75) is 18.0 Å². The molecule has 31 heavy (non-hydrogen) atoms. The summed E-state index contributed by atoms with van der Waals surface area (Å²) in [6, 6.07) is 19.0. The van der Waals surface area contributed by atoms with E-state index in [9.17, 15) is 13.2 Å². The SMILES string of the molecule is CN(CC(=O)NCc1ccnc(OCc2ccccc2)c1)S(=O)(=O)c1ccc(Cl)cc1. The second kappa shape index (κ2) is 10.4. The fraction of sp³-hybridized carbons (Fsp3) is 0.182. The van der Waals surface area contributed by atoms with Gasteiger partial charge in [-0.3, -0.25) is 4.79 Å². The third-order valence-electron chi connectivity index (χ3n) is 4.41. The number of carbonyl (C=O) groups is 1. The Labute approximate surface area is 186 Å². The summed E-state index contributed by atoms with van der Waals surface area (Å²) in [5.74, 6) is 0.0154. The van der Waals surface area contributed by atoms with E-state index in [1.54, 1.807) is 18.3 Å². The zero-order valence-corrected chi connectivity index (χ0v) is 18.4. The van der Waals surface area contributed by atoms with Crippen LogP contribution in [0, 0.1) is 0 Å². The molecule has 0 saturated heterocycles. The molecule has 9 heteroatoms. The summed E-state index contributed by atoms with van der Waals surface area (Å²) in [6.07, 6.45) is 1.60. The number of nitrogens with one attached hydrogen (secondary N) is 1. The molecular formula is C22H22ClN3O4S. The molecule has 7 nitrogen and oxygen atoms in total. The minimum absolute atomic E-state index is 0.0709. The van der Waals surface area contributed by atoms with E-state index in [2.05, 4.69) is 10.3 Å². The Hall–Kier alpha value is -2.94. The van der Waals surface area contributed by atoms with Crippen LogP contribution in [0.2, 0.25) is 5.02 Å². The number of rotatable bonds is 9. The average Bonchev–Trinajstić information content (AvgIpc) is 2.77. The second-order valence-electron chi connectivity index (χ2n) is 6.77. The monoisotopic (exact) mass is 459 g/mol. The second-order valence-corrected chi connectivity index (χ2v) is 9.25. The molecule has 0 fully saturated rings. The molecular weight excluding hydrogens is 438 g/mol. The highest BCUT2D eigenvalue weighted by atomic mass is 35.5. The summed E-state index contributed by atoms with van der Waals surface area (Å²) < 4.78 is 31.8. The highest BCUT2D eigenvalue weighted by Gasteiger charge is 2.22. The number of sulfonamides is 1. The lowest BCUT2D eigenvalue weighted by atomic mass is 10.2. The fourth-order valence-corrected chi connectivity index (χ4v) is 3.95. The van der Waals surface area contributed by atoms with Crippen molar-refractivity contribution in [3.63, 3.8) is 0 Å². The van der Waals surface area contributed by atoms with Crippen LogP contribution in [0.4, 0.5) is 0 Å². The quantitative estimate of drug-likeness (QED) is 0.530. The highest BCUT2D eigenvalue weighted by Crippen LogP contribution is 2.17. The van der Waals surface area contributed by atoms with E-state index in [-0.39, 0.29) is 18.0 Å². The Morgan fingerprint density at radius 2 is 1.77 bits per heavy atom. The number of ether oxygens (including phenoxy) is 1. The first-order valence-electron chi connectivity index (χ1n) is 9.45. The van der Waals surface area contributed by atoms with Gasteiger partial charge in [0.1, 0.15) is 6.61 Å². The van der Waals surface area contributed by atoms with Crippen LogP contribution in [0.5, 0.6) is 5.88 Å². The number of hydrogen-bond donors (Lipinski definition) is 1. The van der Waals surface area contributed by atoms with Gasteiger partial charge in [0, 0.05) is 30.9 Å². The zero-order valence-electron chi connectivity index (χ0n) is 16.9. The van der Waals surface area contributed by atoms with Crippen LogP contribution in [0.15, 0.2) is 77.8 Å². The van der Waals surface area contributed by atoms with Gasteiger partial charge in [0.15, 0.2) is 0 Å². The largest absolute Gasteiger partial charge is 0.473 e. The number of pyridine rings is 1. The van der Waals surface area contributed by atoms with Crippen LogP contribution < -0.4 is 10.1 Å². The number of aromatic nitrogens is 1. The van der Waals surface area contributed by atoms with E-state index >= 15 is 0 Å². The summed E-state index contributed by atoms with van der Waals surface area (Å²) in [5.41, 5.74) is 1.81. The van der Waals surface area contributed by atoms with Crippen LogP contribution in [-0.2, 0) is 28.0 Å². The van der Waals surface area contributed by atoms with Gasteiger partial charge in [0.05, 0.1) is 11.4 Å². The van der Waals surface area contributed by atoms with Gasteiger partial charge in [-0.15, -0.1) is 0 Å². The van der Waals surface area contributed by atoms with Crippen LogP contribution in [-0.4, -0.2) is 37.2 Å². The van der Waals surface area contributed by atoms with Crippen molar-refractivity contribution >= 4 is 27.5 Å². The first kappa shape index (κ1) is 22.7. The predicted octanol–water partition coefficient (Wildman–Crippen LogP) is 3.25. The smallest absolute Gasteiger partial charge is 0.243 e. The van der Waals surface area contributed by atoms with Crippen LogP contribution in [0.3, 0.4) is 0 Å². The van der Waals surface area contributed by atoms with Gasteiger partial charge in [-0.1, -0.05) is 41.9 Å². The molecule has 1 heterocycles. The van der Waals surface area contributed by atoms with Gasteiger partial charge in [-0.05, 0) is 41.5 Å². The van der Waals surface area contributed by atoms with Crippen molar-refractivity contribution in [3.05, 3.63) is 89.1 Å². The first-order chi connectivity index (χ1) is 14.8. The average molecular weight is 460 g/mol. The lowest BCUT2D eigenvalue weighted by Crippen LogP contribution is -2.38. The number of benzene rings is 2. The molecule has 2 aromatic carbocycles. The van der Waals surface area contributed by atoms with Crippen molar-refractivity contribution in [1.29, 1.82) is 0 Å². The molecule has 162 valence electrons. The number of carbonyl (C=O) groups excluding carboxylic acids is 1. The Kier molecular flexibility index (Phi) is 7.62. The molecule has 0 aliphatic carbocycles. The number of likely N-dealkylation sites (N-methyl/N-ethyl adjacent to an activating group) is 1. The number of halogens is 1. The molecule has 0 spiro atoms. The molecule has 0 unspecified atom stereocenters. The summed E-state index contributed by atoms with van der Waals surface area (Å²) >= 11 is 5.80. The topological polar surface area (TPSA) is 88.6 Å².